The van der Waals surface area contributed by atoms with Gasteiger partial charge in [-0.2, -0.15) is 0 Å². The van der Waals surface area contributed by atoms with Crippen LogP contribution in [-0.4, -0.2) is 29.4 Å². The van der Waals surface area contributed by atoms with Crippen LogP contribution in [0, 0.1) is 0 Å². The summed E-state index contributed by atoms with van der Waals surface area (Å²) in [7, 11) is 0. The molecule has 1 heterocycles. The predicted octanol–water partition coefficient (Wildman–Crippen LogP) is 3.92. The Morgan fingerprint density at radius 3 is 2.58 bits per heavy atom. The van der Waals surface area contributed by atoms with Gasteiger partial charge in [0.15, 0.2) is 12.7 Å². The van der Waals surface area contributed by atoms with E-state index in [1.165, 1.54) is 0 Å². The van der Waals surface area contributed by atoms with Gasteiger partial charge in [0.05, 0.1) is 0 Å². The minimum atomic E-state index is -0.792. The molecule has 0 unspecified atom stereocenters. The van der Waals surface area contributed by atoms with Crippen LogP contribution in [-0.2, 0) is 16.0 Å². The molecule has 0 aliphatic rings. The molecule has 0 aliphatic heterocycles. The number of fused-ring (bicyclic) bond motifs is 1. The van der Waals surface area contributed by atoms with Crippen molar-refractivity contribution in [3.63, 3.8) is 0 Å². The molecule has 26 heavy (non-hydrogen) atoms. The summed E-state index contributed by atoms with van der Waals surface area (Å²) in [4.78, 5) is 27.7. The lowest BCUT2D eigenvalue weighted by molar-refractivity contribution is -0.149. The summed E-state index contributed by atoms with van der Waals surface area (Å²) in [6.07, 6.45) is 1.75. The van der Waals surface area contributed by atoms with Crippen molar-refractivity contribution >= 4 is 22.7 Å². The van der Waals surface area contributed by atoms with E-state index >= 15 is 0 Å². The molecule has 0 fully saturated rings. The number of H-pyrrole nitrogens is 1. The van der Waals surface area contributed by atoms with Crippen molar-refractivity contribution < 1.29 is 19.1 Å². The number of Topliss-reactive ketones (excluding diaryl/α,β-unsaturated/α-hetero) is 1. The molecule has 1 N–H and O–H groups in total. The van der Waals surface area contributed by atoms with Gasteiger partial charge in [0, 0.05) is 22.7 Å². The molecule has 0 amide bonds. The normalized spacial score (nSPS) is 11.9. The van der Waals surface area contributed by atoms with E-state index in [0.717, 1.165) is 22.9 Å². The first-order chi connectivity index (χ1) is 12.6. The smallest absolute Gasteiger partial charge is 0.347 e. The highest BCUT2D eigenvalue weighted by molar-refractivity contribution is 6.09. The van der Waals surface area contributed by atoms with Gasteiger partial charge in [0.1, 0.15) is 5.75 Å². The Hall–Kier alpha value is -3.08. The van der Waals surface area contributed by atoms with Crippen LogP contribution >= 0.6 is 0 Å². The number of aromatic nitrogens is 1. The summed E-state index contributed by atoms with van der Waals surface area (Å²) in [5, 5.41) is 0.846. The Balaban J connectivity index is 1.63. The number of hydrogen-bond donors (Lipinski definition) is 1. The van der Waals surface area contributed by atoms with Gasteiger partial charge in [0.25, 0.3) is 0 Å². The largest absolute Gasteiger partial charge is 0.479 e. The highest BCUT2D eigenvalue weighted by Crippen LogP contribution is 2.22. The number of para-hydroxylation sites is 2. The van der Waals surface area contributed by atoms with Crippen molar-refractivity contribution in [2.75, 3.05) is 6.61 Å². The molecule has 0 saturated heterocycles. The van der Waals surface area contributed by atoms with Crippen LogP contribution in [0.4, 0.5) is 0 Å². The van der Waals surface area contributed by atoms with Gasteiger partial charge in [-0.15, -0.1) is 0 Å². The van der Waals surface area contributed by atoms with E-state index in [-0.39, 0.29) is 12.4 Å². The number of ether oxygens (including phenoxy) is 2. The average molecular weight is 351 g/mol. The molecule has 0 aliphatic carbocycles. The third-order valence-electron chi connectivity index (χ3n) is 4.22. The fraction of sp³-hybridized carbons (Fsp3) is 0.238. The number of carbonyl (C=O) groups is 2. The molecule has 134 valence electrons. The second-order valence-electron chi connectivity index (χ2n) is 6.00. The van der Waals surface area contributed by atoms with E-state index < -0.39 is 12.1 Å². The van der Waals surface area contributed by atoms with Gasteiger partial charge in [-0.3, -0.25) is 4.79 Å². The van der Waals surface area contributed by atoms with Gasteiger partial charge < -0.3 is 14.5 Å². The number of nitrogens with one attached hydrogen (secondary N) is 1. The third kappa shape index (κ3) is 3.77. The standard InChI is InChI=1S/C21H21NO4/c1-3-15-8-7-11-17-18(12-22-20(15)17)19(23)13-25-21(24)14(2)26-16-9-5-4-6-10-16/h4-12,14,22H,3,13H2,1-2H3/t14-/m1/s1. The first kappa shape index (κ1) is 17.7. The maximum atomic E-state index is 12.5. The Kier molecular flexibility index (Phi) is 5.37. The van der Waals surface area contributed by atoms with E-state index in [2.05, 4.69) is 11.9 Å². The summed E-state index contributed by atoms with van der Waals surface area (Å²) in [5.41, 5.74) is 2.62. The Labute approximate surface area is 151 Å². The molecule has 5 nitrogen and oxygen atoms in total. The average Bonchev–Trinajstić information content (AvgIpc) is 3.10. The number of esters is 1. The summed E-state index contributed by atoms with van der Waals surface area (Å²) >= 11 is 0. The van der Waals surface area contributed by atoms with Crippen molar-refractivity contribution in [2.24, 2.45) is 0 Å². The van der Waals surface area contributed by atoms with Crippen molar-refractivity contribution in [1.29, 1.82) is 0 Å². The fourth-order valence-corrected chi connectivity index (χ4v) is 2.83. The predicted molar refractivity (Wildman–Crippen MR) is 99.5 cm³/mol. The maximum absolute atomic E-state index is 12.5. The van der Waals surface area contributed by atoms with Crippen molar-refractivity contribution in [1.82, 2.24) is 4.98 Å². The Morgan fingerprint density at radius 1 is 1.08 bits per heavy atom. The van der Waals surface area contributed by atoms with Crippen LogP contribution in [0.1, 0.15) is 29.8 Å². The second-order valence-corrected chi connectivity index (χ2v) is 6.00. The topological polar surface area (TPSA) is 68.4 Å². The number of aromatic amines is 1. The second kappa shape index (κ2) is 7.87. The molecular formula is C21H21NO4. The molecule has 1 atom stereocenters. The van der Waals surface area contributed by atoms with Gasteiger partial charge >= 0.3 is 5.97 Å². The lowest BCUT2D eigenvalue weighted by Crippen LogP contribution is -2.28. The van der Waals surface area contributed by atoms with Crippen LogP contribution in [0.25, 0.3) is 10.9 Å². The molecule has 0 saturated carbocycles. The van der Waals surface area contributed by atoms with Crippen molar-refractivity contribution in [3.8, 4) is 5.75 Å². The lowest BCUT2D eigenvalue weighted by atomic mass is 10.1. The van der Waals surface area contributed by atoms with Gasteiger partial charge in [0.2, 0.25) is 5.78 Å². The number of hydrogen-bond acceptors (Lipinski definition) is 4. The first-order valence-corrected chi connectivity index (χ1v) is 8.60. The molecule has 1 aromatic heterocycles. The maximum Gasteiger partial charge on any atom is 0.347 e. The molecule has 0 bridgehead atoms. The SMILES string of the molecule is CCc1cccc2c(C(=O)COC(=O)[C@@H](C)Oc3ccccc3)c[nH]c12. The molecule has 0 radical (unpaired) electrons. The fourth-order valence-electron chi connectivity index (χ4n) is 2.83. The Morgan fingerprint density at radius 2 is 1.85 bits per heavy atom. The quantitative estimate of drug-likeness (QED) is 0.517. The van der Waals surface area contributed by atoms with Crippen LogP contribution in [0.15, 0.2) is 54.7 Å². The molecule has 5 heteroatoms. The summed E-state index contributed by atoms with van der Waals surface area (Å²) < 4.78 is 10.6. The molecule has 2 aromatic carbocycles. The number of benzene rings is 2. The summed E-state index contributed by atoms with van der Waals surface area (Å²) in [6, 6.07) is 14.8. The van der Waals surface area contributed by atoms with Crippen LogP contribution < -0.4 is 4.74 Å². The third-order valence-corrected chi connectivity index (χ3v) is 4.22. The minimum absolute atomic E-state index is 0.246. The lowest BCUT2D eigenvalue weighted by Gasteiger charge is -2.13. The monoisotopic (exact) mass is 351 g/mol. The van der Waals surface area contributed by atoms with Crippen LogP contribution in [0.2, 0.25) is 0 Å². The Bertz CT molecular complexity index is 914. The first-order valence-electron chi connectivity index (χ1n) is 8.60. The van der Waals surface area contributed by atoms with E-state index in [1.54, 1.807) is 25.3 Å². The van der Waals surface area contributed by atoms with Crippen LogP contribution in [0.5, 0.6) is 5.75 Å². The van der Waals surface area contributed by atoms with Gasteiger partial charge in [-0.05, 0) is 31.0 Å². The minimum Gasteiger partial charge on any atom is -0.479 e. The number of ketones is 1. The van der Waals surface area contributed by atoms with E-state index in [1.807, 2.05) is 36.4 Å². The van der Waals surface area contributed by atoms with Crippen molar-refractivity contribution in [3.05, 3.63) is 65.9 Å². The van der Waals surface area contributed by atoms with E-state index in [9.17, 15) is 9.59 Å². The van der Waals surface area contributed by atoms with E-state index in [0.29, 0.717) is 11.3 Å². The van der Waals surface area contributed by atoms with Crippen molar-refractivity contribution in [2.45, 2.75) is 26.4 Å². The summed E-state index contributed by atoms with van der Waals surface area (Å²) in [6.45, 7) is 3.34. The summed E-state index contributed by atoms with van der Waals surface area (Å²) in [5.74, 6) is -0.243. The number of carbonyl (C=O) groups excluding carboxylic acids is 2. The molecular weight excluding hydrogens is 330 g/mol. The van der Waals surface area contributed by atoms with Gasteiger partial charge in [-0.25, -0.2) is 4.79 Å². The number of rotatable bonds is 7. The van der Waals surface area contributed by atoms with E-state index in [4.69, 9.17) is 9.47 Å². The van der Waals surface area contributed by atoms with Gasteiger partial charge in [-0.1, -0.05) is 43.3 Å². The zero-order chi connectivity index (χ0) is 18.5. The zero-order valence-corrected chi connectivity index (χ0v) is 14.8. The zero-order valence-electron chi connectivity index (χ0n) is 14.8. The molecule has 0 spiro atoms. The molecule has 3 rings (SSSR count). The highest BCUT2D eigenvalue weighted by Gasteiger charge is 2.20. The van der Waals surface area contributed by atoms with Crippen LogP contribution in [0.3, 0.4) is 0 Å². The molecule has 3 aromatic rings. The highest BCUT2D eigenvalue weighted by atomic mass is 16.6. The number of aryl methyl sites for hydroxylation is 1.